The number of benzene rings is 3. The average Bonchev–Trinajstić information content (AvgIpc) is 2.83. The Hall–Kier alpha value is -3.44. The number of ether oxygens (including phenoxy) is 2. The van der Waals surface area contributed by atoms with Crippen LogP contribution in [0.2, 0.25) is 0 Å². The van der Waals surface area contributed by atoms with Crippen molar-refractivity contribution in [3.63, 3.8) is 0 Å². The first-order valence-corrected chi connectivity index (χ1v) is 11.5. The fourth-order valence-electron chi connectivity index (χ4n) is 3.89. The summed E-state index contributed by atoms with van der Waals surface area (Å²) < 4.78 is 10.8. The van der Waals surface area contributed by atoms with Crippen LogP contribution in [0, 0.1) is 0 Å². The van der Waals surface area contributed by atoms with Crippen LogP contribution in [0.1, 0.15) is 56.5 Å². The van der Waals surface area contributed by atoms with E-state index in [1.807, 2.05) is 72.8 Å². The highest BCUT2D eigenvalue weighted by Crippen LogP contribution is 2.34. The maximum absolute atomic E-state index is 13.7. The van der Waals surface area contributed by atoms with Crippen molar-refractivity contribution in [1.82, 2.24) is 4.90 Å². The van der Waals surface area contributed by atoms with Crippen molar-refractivity contribution in [1.29, 1.82) is 0 Å². The summed E-state index contributed by atoms with van der Waals surface area (Å²) in [7, 11) is 1.59. The number of methoxy groups -OCH3 is 1. The van der Waals surface area contributed by atoms with E-state index in [1.54, 1.807) is 40.0 Å². The van der Waals surface area contributed by atoms with Crippen molar-refractivity contribution in [3.8, 4) is 5.75 Å². The van der Waals surface area contributed by atoms with Gasteiger partial charge in [0.05, 0.1) is 7.11 Å². The summed E-state index contributed by atoms with van der Waals surface area (Å²) in [4.78, 5) is 28.7. The molecule has 5 heteroatoms. The van der Waals surface area contributed by atoms with E-state index in [0.29, 0.717) is 17.9 Å². The Morgan fingerprint density at radius 2 is 1.38 bits per heavy atom. The highest BCUT2D eigenvalue weighted by Gasteiger charge is 2.37. The number of nitrogens with zero attached hydrogens (tertiary/aromatic N) is 1. The molecule has 0 unspecified atom stereocenters. The number of carbonyl (C=O) groups excluding carboxylic acids is 2. The summed E-state index contributed by atoms with van der Waals surface area (Å²) in [6.45, 7) is 7.80. The minimum Gasteiger partial charge on any atom is -0.497 e. The predicted molar refractivity (Wildman–Crippen MR) is 133 cm³/mol. The van der Waals surface area contributed by atoms with Crippen molar-refractivity contribution in [2.45, 2.75) is 51.9 Å². The van der Waals surface area contributed by atoms with E-state index in [1.165, 1.54) is 0 Å². The van der Waals surface area contributed by atoms with Gasteiger partial charge in [0.25, 0.3) is 5.78 Å². The lowest BCUT2D eigenvalue weighted by atomic mass is 9.95. The highest BCUT2D eigenvalue weighted by molar-refractivity contribution is 6.35. The maximum Gasteiger partial charge on any atom is 0.377 e. The number of esters is 1. The molecule has 0 N–H and O–H groups in total. The summed E-state index contributed by atoms with van der Waals surface area (Å²) in [5.41, 5.74) is 2.03. The third kappa shape index (κ3) is 6.55. The fraction of sp³-hybridized carbons (Fsp3) is 0.310. The van der Waals surface area contributed by atoms with E-state index in [9.17, 15) is 9.59 Å². The number of hydrogen-bond acceptors (Lipinski definition) is 5. The van der Waals surface area contributed by atoms with Gasteiger partial charge in [-0.1, -0.05) is 72.8 Å². The van der Waals surface area contributed by atoms with Crippen LogP contribution in [0.4, 0.5) is 0 Å². The standard InChI is InChI=1S/C29H33NO4/c1-21(23-14-10-7-11-15-23)30(20-22-12-8-6-9-13-22)26(24-16-18-25(33-5)19-17-24)27(31)28(32)34-29(2,3)4/h6-19,21,26H,20H2,1-5H3/t21-,26-/m1/s1. The largest absolute Gasteiger partial charge is 0.497 e. The molecule has 3 rings (SSSR count). The molecular weight excluding hydrogens is 426 g/mol. The van der Waals surface area contributed by atoms with Crippen molar-refractivity contribution in [2.75, 3.05) is 7.11 Å². The second-order valence-electron chi connectivity index (χ2n) is 9.29. The smallest absolute Gasteiger partial charge is 0.377 e. The molecule has 0 radical (unpaired) electrons. The Labute approximate surface area is 202 Å². The number of Topliss-reactive ketones (excluding diaryl/α,β-unsaturated/α-hetero) is 1. The number of hydrogen-bond donors (Lipinski definition) is 0. The van der Waals surface area contributed by atoms with Crippen LogP contribution in [0.15, 0.2) is 84.9 Å². The molecule has 2 atom stereocenters. The first-order chi connectivity index (χ1) is 16.2. The van der Waals surface area contributed by atoms with Crippen molar-refractivity contribution < 1.29 is 19.1 Å². The zero-order chi connectivity index (χ0) is 24.7. The Bertz CT molecular complexity index is 1070. The van der Waals surface area contributed by atoms with Crippen LogP contribution in [-0.4, -0.2) is 29.4 Å². The molecule has 5 nitrogen and oxygen atoms in total. The molecule has 0 aliphatic rings. The van der Waals surface area contributed by atoms with E-state index in [0.717, 1.165) is 11.1 Å². The summed E-state index contributed by atoms with van der Waals surface area (Å²) in [6.07, 6.45) is 0. The first-order valence-electron chi connectivity index (χ1n) is 11.5. The minimum atomic E-state index is -0.841. The van der Waals surface area contributed by atoms with Crippen molar-refractivity contribution >= 4 is 11.8 Å². The van der Waals surface area contributed by atoms with Crippen LogP contribution in [0.25, 0.3) is 0 Å². The fourth-order valence-corrected chi connectivity index (χ4v) is 3.89. The Morgan fingerprint density at radius 3 is 1.91 bits per heavy atom. The highest BCUT2D eigenvalue weighted by atomic mass is 16.6. The first kappa shape index (κ1) is 25.2. The van der Waals surface area contributed by atoms with Crippen LogP contribution < -0.4 is 4.74 Å². The van der Waals surface area contributed by atoms with Crippen LogP contribution in [0.5, 0.6) is 5.75 Å². The molecule has 0 aromatic heterocycles. The molecule has 0 saturated carbocycles. The molecule has 0 heterocycles. The third-order valence-corrected chi connectivity index (χ3v) is 5.60. The van der Waals surface area contributed by atoms with E-state index in [4.69, 9.17) is 9.47 Å². The molecule has 0 aliphatic carbocycles. The van der Waals surface area contributed by atoms with Gasteiger partial charge in [-0.05, 0) is 56.5 Å². The molecular formula is C29H33NO4. The molecule has 0 bridgehead atoms. The molecule has 0 spiro atoms. The van der Waals surface area contributed by atoms with Gasteiger partial charge in [0.1, 0.15) is 17.4 Å². The van der Waals surface area contributed by atoms with Crippen molar-refractivity contribution in [3.05, 3.63) is 102 Å². The zero-order valence-corrected chi connectivity index (χ0v) is 20.5. The Morgan fingerprint density at radius 1 is 0.824 bits per heavy atom. The van der Waals surface area contributed by atoms with Gasteiger partial charge in [-0.3, -0.25) is 9.69 Å². The summed E-state index contributed by atoms with van der Waals surface area (Å²) >= 11 is 0. The minimum absolute atomic E-state index is 0.153. The molecule has 0 saturated heterocycles. The van der Waals surface area contributed by atoms with Crippen molar-refractivity contribution in [2.24, 2.45) is 0 Å². The van der Waals surface area contributed by atoms with Gasteiger partial charge >= 0.3 is 5.97 Å². The van der Waals surface area contributed by atoms with Gasteiger partial charge < -0.3 is 9.47 Å². The van der Waals surface area contributed by atoms with E-state index in [2.05, 4.69) is 11.8 Å². The molecule has 0 aliphatic heterocycles. The quantitative estimate of drug-likeness (QED) is 0.294. The molecule has 3 aromatic rings. The van der Waals surface area contributed by atoms with Gasteiger partial charge in [-0.2, -0.15) is 0 Å². The SMILES string of the molecule is COc1ccc([C@H](C(=O)C(=O)OC(C)(C)C)N(Cc2ccccc2)[C@H](C)c2ccccc2)cc1. The maximum atomic E-state index is 13.7. The predicted octanol–water partition coefficient (Wildman–Crippen LogP) is 5.91. The van der Waals surface area contributed by atoms with E-state index < -0.39 is 23.4 Å². The second-order valence-corrected chi connectivity index (χ2v) is 9.29. The number of ketones is 1. The zero-order valence-electron chi connectivity index (χ0n) is 20.5. The summed E-state index contributed by atoms with van der Waals surface area (Å²) in [6, 6.07) is 26.2. The lowest BCUT2D eigenvalue weighted by molar-refractivity contribution is -0.165. The van der Waals surface area contributed by atoms with Gasteiger partial charge in [0.2, 0.25) is 0 Å². The Kier molecular flexibility index (Phi) is 8.24. The third-order valence-electron chi connectivity index (χ3n) is 5.60. The van der Waals surface area contributed by atoms with Crippen LogP contribution in [-0.2, 0) is 20.9 Å². The van der Waals surface area contributed by atoms with Crippen LogP contribution in [0.3, 0.4) is 0 Å². The second kappa shape index (κ2) is 11.1. The van der Waals surface area contributed by atoms with Gasteiger partial charge in [0, 0.05) is 12.6 Å². The van der Waals surface area contributed by atoms with Gasteiger partial charge in [-0.15, -0.1) is 0 Å². The van der Waals surface area contributed by atoms with E-state index in [-0.39, 0.29) is 6.04 Å². The molecule has 3 aromatic carbocycles. The normalized spacial score (nSPS) is 13.2. The molecule has 34 heavy (non-hydrogen) atoms. The molecule has 0 amide bonds. The van der Waals surface area contributed by atoms with Gasteiger partial charge in [-0.25, -0.2) is 4.79 Å². The van der Waals surface area contributed by atoms with Crippen LogP contribution >= 0.6 is 0 Å². The summed E-state index contributed by atoms with van der Waals surface area (Å²) in [5, 5.41) is 0. The Balaban J connectivity index is 2.10. The number of carbonyl (C=O) groups is 2. The van der Waals surface area contributed by atoms with E-state index >= 15 is 0 Å². The average molecular weight is 460 g/mol. The topological polar surface area (TPSA) is 55.8 Å². The monoisotopic (exact) mass is 459 g/mol. The lowest BCUT2D eigenvalue weighted by Gasteiger charge is -2.36. The molecule has 0 fully saturated rings. The lowest BCUT2D eigenvalue weighted by Crippen LogP contribution is -2.41. The number of rotatable bonds is 9. The molecule has 178 valence electrons. The summed E-state index contributed by atoms with van der Waals surface area (Å²) in [5.74, 6) is -0.761. The van der Waals surface area contributed by atoms with Gasteiger partial charge in [0.15, 0.2) is 0 Å².